The largest absolute Gasteiger partial charge is 0.353 e. The molecule has 3 heterocycles. The predicted molar refractivity (Wildman–Crippen MR) is 127 cm³/mol. The average Bonchev–Trinajstić information content (AvgIpc) is 3.01. The molecule has 0 radical (unpaired) electrons. The number of nitrogens with zero attached hydrogens (tertiary/aromatic N) is 4. The van der Waals surface area contributed by atoms with Crippen LogP contribution in [0.2, 0.25) is 0 Å². The molecule has 1 atom stereocenters. The number of unbranched alkanes of at least 4 members (excludes halogenated alkanes) is 1. The average molecular weight is 405 g/mol. The fourth-order valence-electron chi connectivity index (χ4n) is 5.42. The molecule has 160 valence electrons. The minimum absolute atomic E-state index is 0.588. The summed E-state index contributed by atoms with van der Waals surface area (Å²) in [4.78, 5) is 7.76. The molecule has 0 amide bonds. The Balaban J connectivity index is 2.01. The molecule has 0 fully saturated rings. The quantitative estimate of drug-likeness (QED) is 0.502. The van der Waals surface area contributed by atoms with Crippen LogP contribution < -0.4 is 4.90 Å². The number of hydrogen-bond donors (Lipinski definition) is 0. The highest BCUT2D eigenvalue weighted by Crippen LogP contribution is 2.39. The first-order valence-corrected chi connectivity index (χ1v) is 11.6. The first-order chi connectivity index (χ1) is 14.4. The van der Waals surface area contributed by atoms with Crippen molar-refractivity contribution in [2.24, 2.45) is 0 Å². The van der Waals surface area contributed by atoms with Gasteiger partial charge in [-0.25, -0.2) is 4.98 Å². The lowest BCUT2D eigenvalue weighted by atomic mass is 9.93. The van der Waals surface area contributed by atoms with E-state index in [9.17, 15) is 0 Å². The van der Waals surface area contributed by atoms with Gasteiger partial charge in [0.2, 0.25) is 0 Å². The molecule has 3 aromatic rings. The van der Waals surface area contributed by atoms with Crippen LogP contribution in [0.1, 0.15) is 73.2 Å². The number of hydrogen-bond acceptors (Lipinski definition) is 3. The van der Waals surface area contributed by atoms with Gasteiger partial charge in [0.25, 0.3) is 0 Å². The van der Waals surface area contributed by atoms with E-state index in [1.807, 2.05) is 0 Å². The summed E-state index contributed by atoms with van der Waals surface area (Å²) < 4.78 is 2.17. The highest BCUT2D eigenvalue weighted by Gasteiger charge is 2.31. The molecule has 4 nitrogen and oxygen atoms in total. The van der Waals surface area contributed by atoms with Crippen LogP contribution in [0.5, 0.6) is 0 Å². The van der Waals surface area contributed by atoms with Gasteiger partial charge in [-0.1, -0.05) is 38.0 Å². The third-order valence-electron chi connectivity index (χ3n) is 6.81. The Hall–Kier alpha value is -2.36. The van der Waals surface area contributed by atoms with Crippen LogP contribution in [0.3, 0.4) is 0 Å². The summed E-state index contributed by atoms with van der Waals surface area (Å²) in [6, 6.07) is 5.14. The molecular formula is C26H36N4. The number of rotatable bonds is 5. The molecule has 1 aromatic carbocycles. The summed E-state index contributed by atoms with van der Waals surface area (Å²) >= 11 is 0. The van der Waals surface area contributed by atoms with E-state index in [1.165, 1.54) is 64.9 Å². The van der Waals surface area contributed by atoms with Crippen LogP contribution in [0.15, 0.2) is 12.1 Å². The van der Waals surface area contributed by atoms with Crippen molar-refractivity contribution in [3.63, 3.8) is 0 Å². The molecule has 1 aliphatic rings. The Morgan fingerprint density at radius 2 is 1.67 bits per heavy atom. The number of fused-ring (bicyclic) bond motifs is 3. The van der Waals surface area contributed by atoms with Crippen molar-refractivity contribution in [2.75, 3.05) is 11.4 Å². The summed E-state index contributed by atoms with van der Waals surface area (Å²) in [5.41, 5.74) is 11.0. The lowest BCUT2D eigenvalue weighted by molar-refractivity contribution is 0.491. The maximum Gasteiger partial charge on any atom is 0.165 e. The summed E-state index contributed by atoms with van der Waals surface area (Å²) in [6.07, 6.45) is 5.91. The summed E-state index contributed by atoms with van der Waals surface area (Å²) in [5, 5.41) is 5.09. The predicted octanol–water partition coefficient (Wildman–Crippen LogP) is 6.27. The van der Waals surface area contributed by atoms with Crippen molar-refractivity contribution in [1.29, 1.82) is 0 Å². The fourth-order valence-corrected chi connectivity index (χ4v) is 5.42. The van der Waals surface area contributed by atoms with Crippen LogP contribution in [0, 0.1) is 34.6 Å². The Morgan fingerprint density at radius 3 is 2.30 bits per heavy atom. The van der Waals surface area contributed by atoms with Gasteiger partial charge in [0.15, 0.2) is 5.65 Å². The highest BCUT2D eigenvalue weighted by atomic mass is 15.4. The zero-order valence-corrected chi connectivity index (χ0v) is 19.8. The maximum absolute atomic E-state index is 5.13. The van der Waals surface area contributed by atoms with E-state index >= 15 is 0 Å². The molecule has 0 saturated heterocycles. The van der Waals surface area contributed by atoms with Gasteiger partial charge in [-0.3, -0.25) is 0 Å². The Kier molecular flexibility index (Phi) is 5.61. The fraction of sp³-hybridized carbons (Fsp3) is 0.538. The third-order valence-corrected chi connectivity index (χ3v) is 6.81. The van der Waals surface area contributed by atoms with E-state index in [0.717, 1.165) is 30.0 Å². The molecule has 0 N–H and O–H groups in total. The molecule has 0 spiro atoms. The zero-order chi connectivity index (χ0) is 21.6. The smallest absolute Gasteiger partial charge is 0.165 e. The number of benzene rings is 1. The van der Waals surface area contributed by atoms with Gasteiger partial charge in [-0.15, -0.1) is 0 Å². The molecule has 1 aliphatic heterocycles. The zero-order valence-electron chi connectivity index (χ0n) is 19.8. The second-order valence-electron chi connectivity index (χ2n) is 9.12. The Bertz CT molecular complexity index is 1070. The molecule has 4 heteroatoms. The van der Waals surface area contributed by atoms with E-state index in [0.29, 0.717) is 6.04 Å². The van der Waals surface area contributed by atoms with Crippen LogP contribution in [-0.4, -0.2) is 27.2 Å². The van der Waals surface area contributed by atoms with Crippen LogP contribution >= 0.6 is 0 Å². The van der Waals surface area contributed by atoms with Crippen molar-refractivity contribution in [3.05, 3.63) is 45.8 Å². The van der Waals surface area contributed by atoms with Crippen LogP contribution in [-0.2, 0) is 6.42 Å². The Morgan fingerprint density at radius 1 is 0.967 bits per heavy atom. The molecule has 30 heavy (non-hydrogen) atoms. The number of anilines is 1. The van der Waals surface area contributed by atoms with Crippen molar-refractivity contribution in [2.45, 2.75) is 86.6 Å². The maximum atomic E-state index is 5.13. The van der Waals surface area contributed by atoms with Crippen molar-refractivity contribution < 1.29 is 0 Å². The van der Waals surface area contributed by atoms with Gasteiger partial charge < -0.3 is 4.90 Å². The molecule has 4 rings (SSSR count). The SMILES string of the molecule is CCCCN1c2c(c(C)nc3c(-c4c(C)cc(C)cc4C)c(C)nn23)CCC1CC. The molecule has 2 aromatic heterocycles. The van der Waals surface area contributed by atoms with Crippen molar-refractivity contribution in [1.82, 2.24) is 14.6 Å². The van der Waals surface area contributed by atoms with E-state index < -0.39 is 0 Å². The van der Waals surface area contributed by atoms with E-state index in [-0.39, 0.29) is 0 Å². The minimum atomic E-state index is 0.588. The van der Waals surface area contributed by atoms with E-state index in [4.69, 9.17) is 10.1 Å². The van der Waals surface area contributed by atoms with E-state index in [2.05, 4.69) is 70.0 Å². The van der Waals surface area contributed by atoms with Gasteiger partial charge in [-0.2, -0.15) is 9.61 Å². The van der Waals surface area contributed by atoms with Crippen molar-refractivity contribution >= 4 is 11.5 Å². The molecule has 1 unspecified atom stereocenters. The highest BCUT2D eigenvalue weighted by molar-refractivity contribution is 5.85. The molecule has 0 bridgehead atoms. The lowest BCUT2D eigenvalue weighted by Gasteiger charge is -2.39. The summed E-state index contributed by atoms with van der Waals surface area (Å²) in [5.74, 6) is 1.29. The summed E-state index contributed by atoms with van der Waals surface area (Å²) in [6.45, 7) is 16.6. The summed E-state index contributed by atoms with van der Waals surface area (Å²) in [7, 11) is 0. The number of aryl methyl sites for hydroxylation is 5. The third kappa shape index (κ3) is 3.30. The topological polar surface area (TPSA) is 33.4 Å². The monoisotopic (exact) mass is 404 g/mol. The van der Waals surface area contributed by atoms with E-state index in [1.54, 1.807) is 0 Å². The minimum Gasteiger partial charge on any atom is -0.353 e. The molecule has 0 aliphatic carbocycles. The van der Waals surface area contributed by atoms with Gasteiger partial charge in [0.1, 0.15) is 5.82 Å². The van der Waals surface area contributed by atoms with Gasteiger partial charge in [0, 0.05) is 23.8 Å². The molecular weight excluding hydrogens is 368 g/mol. The Labute approximate surface area is 181 Å². The van der Waals surface area contributed by atoms with Gasteiger partial charge in [0.05, 0.1) is 11.3 Å². The van der Waals surface area contributed by atoms with Crippen LogP contribution in [0.4, 0.5) is 5.82 Å². The standard InChI is InChI=1S/C26H36N4/c1-8-10-13-29-21(9-2)11-12-22-19(6)27-25-24(20(7)28-30(25)26(22)29)23-17(4)14-16(3)15-18(23)5/h14-15,21H,8-13H2,1-7H3. The lowest BCUT2D eigenvalue weighted by Crippen LogP contribution is -2.41. The number of aromatic nitrogens is 3. The normalized spacial score (nSPS) is 16.4. The van der Waals surface area contributed by atoms with Gasteiger partial charge in [-0.05, 0) is 77.0 Å². The molecule has 0 saturated carbocycles. The van der Waals surface area contributed by atoms with Crippen molar-refractivity contribution in [3.8, 4) is 11.1 Å². The first kappa shape index (κ1) is 20.9. The van der Waals surface area contributed by atoms with Gasteiger partial charge >= 0.3 is 0 Å². The first-order valence-electron chi connectivity index (χ1n) is 11.6. The second-order valence-corrected chi connectivity index (χ2v) is 9.12. The second kappa shape index (κ2) is 8.05. The van der Waals surface area contributed by atoms with Crippen LogP contribution in [0.25, 0.3) is 16.8 Å².